The Bertz CT molecular complexity index is 1070. The first-order chi connectivity index (χ1) is 14.2. The molecule has 0 N–H and O–H groups in total. The van der Waals surface area contributed by atoms with Crippen molar-refractivity contribution >= 4 is 23.3 Å². The van der Waals surface area contributed by atoms with Crippen LogP contribution in [0.2, 0.25) is 0 Å². The fourth-order valence-corrected chi connectivity index (χ4v) is 3.84. The molecule has 1 atom stereocenters. The Balaban J connectivity index is 2.31. The van der Waals surface area contributed by atoms with Gasteiger partial charge < -0.3 is 9.47 Å². The first kappa shape index (κ1) is 21.6. The average molecular weight is 408 g/mol. The quantitative estimate of drug-likeness (QED) is 0.490. The topological polar surface area (TPSA) is 57.5 Å². The van der Waals surface area contributed by atoms with Crippen LogP contribution in [-0.2, 0) is 11.2 Å². The fourth-order valence-electron chi connectivity index (χ4n) is 3.84. The zero-order valence-electron chi connectivity index (χ0n) is 18.5. The number of aldehydes is 1. The highest BCUT2D eigenvalue weighted by Crippen LogP contribution is 2.36. The maximum atomic E-state index is 13.3. The summed E-state index contributed by atoms with van der Waals surface area (Å²) in [5.41, 5.74) is 3.22. The van der Waals surface area contributed by atoms with Gasteiger partial charge in [-0.15, -0.1) is 0 Å². The summed E-state index contributed by atoms with van der Waals surface area (Å²) in [6, 6.07) is 13.5. The molecule has 5 nitrogen and oxygen atoms in total. The van der Waals surface area contributed by atoms with E-state index in [0.717, 1.165) is 40.5 Å². The number of fused-ring (bicyclic) bond motifs is 1. The number of aromatic nitrogens is 1. The van der Waals surface area contributed by atoms with Gasteiger partial charge in [-0.3, -0.25) is 4.79 Å². The summed E-state index contributed by atoms with van der Waals surface area (Å²) in [6.45, 7) is 9.55. The third-order valence-corrected chi connectivity index (χ3v) is 5.25. The van der Waals surface area contributed by atoms with E-state index >= 15 is 0 Å². The van der Waals surface area contributed by atoms with E-state index in [1.165, 1.54) is 0 Å². The molecule has 1 heterocycles. The number of carbonyl (C=O) groups is 2. The molecule has 5 heteroatoms. The van der Waals surface area contributed by atoms with Gasteiger partial charge in [0.2, 0.25) is 0 Å². The SMILES string of the molecule is CCc1cccc2c(C=O)c([C@H](C)c3ccc(OC)cc3)n(C(=O)OC(C)(C)C)c12. The molecule has 0 saturated heterocycles. The fraction of sp³-hybridized carbons (Fsp3) is 0.360. The lowest BCUT2D eigenvalue weighted by molar-refractivity contribution is 0.0539. The maximum absolute atomic E-state index is 13.3. The number of carbonyl (C=O) groups excluding carboxylic acids is 2. The van der Waals surface area contributed by atoms with Gasteiger partial charge in [-0.2, -0.15) is 0 Å². The predicted molar refractivity (Wildman–Crippen MR) is 119 cm³/mol. The van der Waals surface area contributed by atoms with E-state index in [1.807, 2.05) is 77.1 Å². The minimum atomic E-state index is -0.656. The molecule has 0 aliphatic heterocycles. The van der Waals surface area contributed by atoms with Gasteiger partial charge in [0.1, 0.15) is 11.4 Å². The molecule has 3 aromatic rings. The third kappa shape index (κ3) is 3.97. The van der Waals surface area contributed by atoms with Crippen LogP contribution in [0.3, 0.4) is 0 Å². The number of para-hydroxylation sites is 1. The van der Waals surface area contributed by atoms with E-state index in [9.17, 15) is 9.59 Å². The van der Waals surface area contributed by atoms with Crippen LogP contribution in [0.15, 0.2) is 42.5 Å². The maximum Gasteiger partial charge on any atom is 0.419 e. The highest BCUT2D eigenvalue weighted by atomic mass is 16.6. The Labute approximate surface area is 177 Å². The molecule has 158 valence electrons. The number of ether oxygens (including phenoxy) is 2. The van der Waals surface area contributed by atoms with Crippen LogP contribution < -0.4 is 4.74 Å². The first-order valence-corrected chi connectivity index (χ1v) is 10.2. The Kier molecular flexibility index (Phi) is 6.01. The predicted octanol–water partition coefficient (Wildman–Crippen LogP) is 5.96. The van der Waals surface area contributed by atoms with Crippen LogP contribution in [0.25, 0.3) is 10.9 Å². The van der Waals surface area contributed by atoms with Crippen molar-refractivity contribution < 1.29 is 19.1 Å². The first-order valence-electron chi connectivity index (χ1n) is 10.2. The van der Waals surface area contributed by atoms with E-state index < -0.39 is 11.7 Å². The molecule has 1 aromatic heterocycles. The van der Waals surface area contributed by atoms with Gasteiger partial charge in [-0.25, -0.2) is 9.36 Å². The molecule has 0 aliphatic carbocycles. The second-order valence-electron chi connectivity index (χ2n) is 8.39. The molecule has 0 radical (unpaired) electrons. The molecule has 0 aliphatic rings. The Hall–Kier alpha value is -3.08. The Morgan fingerprint density at radius 2 is 1.80 bits per heavy atom. The number of aryl methyl sites for hydroxylation is 1. The summed E-state index contributed by atoms with van der Waals surface area (Å²) in [5.74, 6) is 0.545. The molecule has 0 fully saturated rings. The zero-order chi connectivity index (χ0) is 22.1. The van der Waals surface area contributed by atoms with Crippen LogP contribution in [0.4, 0.5) is 4.79 Å². The second kappa shape index (κ2) is 8.34. The third-order valence-electron chi connectivity index (χ3n) is 5.25. The second-order valence-corrected chi connectivity index (χ2v) is 8.39. The van der Waals surface area contributed by atoms with E-state index in [4.69, 9.17) is 9.47 Å². The number of rotatable bonds is 5. The van der Waals surface area contributed by atoms with E-state index in [1.54, 1.807) is 11.7 Å². The van der Waals surface area contributed by atoms with Crippen molar-refractivity contribution in [2.75, 3.05) is 7.11 Å². The largest absolute Gasteiger partial charge is 0.497 e. The summed E-state index contributed by atoms with van der Waals surface area (Å²) in [6.07, 6.45) is 1.11. The lowest BCUT2D eigenvalue weighted by Crippen LogP contribution is -2.28. The van der Waals surface area contributed by atoms with Gasteiger partial charge in [-0.05, 0) is 50.5 Å². The number of nitrogens with zero attached hydrogens (tertiary/aromatic N) is 1. The van der Waals surface area contributed by atoms with Crippen molar-refractivity contribution in [3.63, 3.8) is 0 Å². The van der Waals surface area contributed by atoms with Crippen molar-refractivity contribution in [1.29, 1.82) is 0 Å². The molecule has 2 aromatic carbocycles. The van der Waals surface area contributed by atoms with Crippen molar-refractivity contribution in [2.24, 2.45) is 0 Å². The van der Waals surface area contributed by atoms with Gasteiger partial charge in [0.15, 0.2) is 6.29 Å². The summed E-state index contributed by atoms with van der Waals surface area (Å²) < 4.78 is 12.6. The Morgan fingerprint density at radius 3 is 2.33 bits per heavy atom. The number of hydrogen-bond acceptors (Lipinski definition) is 4. The molecule has 0 bridgehead atoms. The molecule has 0 amide bonds. The summed E-state index contributed by atoms with van der Waals surface area (Å²) in [4.78, 5) is 25.5. The summed E-state index contributed by atoms with van der Waals surface area (Å²) >= 11 is 0. The minimum absolute atomic E-state index is 0.208. The molecule has 3 rings (SSSR count). The highest BCUT2D eigenvalue weighted by Gasteiger charge is 2.29. The molecular formula is C25H29NO4. The molecular weight excluding hydrogens is 378 g/mol. The van der Waals surface area contributed by atoms with Crippen molar-refractivity contribution in [3.8, 4) is 5.75 Å². The summed E-state index contributed by atoms with van der Waals surface area (Å²) in [5, 5.41) is 0.769. The number of methoxy groups -OCH3 is 1. The standard InChI is InChI=1S/C25H29NO4/c1-7-17-9-8-10-20-21(15-27)22(16(2)18-11-13-19(29-6)14-12-18)26(23(17)20)24(28)30-25(3,4)5/h8-16H,7H2,1-6H3/t16-/m1/s1. The van der Waals surface area contributed by atoms with E-state index in [2.05, 4.69) is 0 Å². The van der Waals surface area contributed by atoms with E-state index in [0.29, 0.717) is 11.3 Å². The molecule has 30 heavy (non-hydrogen) atoms. The smallest absolute Gasteiger partial charge is 0.419 e. The minimum Gasteiger partial charge on any atom is -0.497 e. The lowest BCUT2D eigenvalue weighted by Gasteiger charge is -2.23. The lowest BCUT2D eigenvalue weighted by atomic mass is 9.94. The van der Waals surface area contributed by atoms with Gasteiger partial charge in [0.25, 0.3) is 0 Å². The van der Waals surface area contributed by atoms with Crippen LogP contribution in [0.5, 0.6) is 5.75 Å². The highest BCUT2D eigenvalue weighted by molar-refractivity contribution is 6.05. The number of hydrogen-bond donors (Lipinski definition) is 0. The molecule has 0 unspecified atom stereocenters. The van der Waals surface area contributed by atoms with E-state index in [-0.39, 0.29) is 5.92 Å². The van der Waals surface area contributed by atoms with Crippen molar-refractivity contribution in [1.82, 2.24) is 4.57 Å². The number of benzene rings is 2. The van der Waals surface area contributed by atoms with Crippen LogP contribution in [0, 0.1) is 0 Å². The van der Waals surface area contributed by atoms with Gasteiger partial charge >= 0.3 is 6.09 Å². The van der Waals surface area contributed by atoms with Crippen molar-refractivity contribution in [2.45, 2.75) is 52.6 Å². The zero-order valence-corrected chi connectivity index (χ0v) is 18.5. The van der Waals surface area contributed by atoms with Crippen LogP contribution in [-0.4, -0.2) is 29.7 Å². The van der Waals surface area contributed by atoms with Crippen LogP contribution >= 0.6 is 0 Å². The average Bonchev–Trinajstić information content (AvgIpc) is 3.06. The van der Waals surface area contributed by atoms with Gasteiger partial charge in [0, 0.05) is 22.6 Å². The van der Waals surface area contributed by atoms with Gasteiger partial charge in [0.05, 0.1) is 12.6 Å². The molecule has 0 spiro atoms. The van der Waals surface area contributed by atoms with Crippen LogP contribution in [0.1, 0.15) is 67.7 Å². The molecule has 0 saturated carbocycles. The van der Waals surface area contributed by atoms with Gasteiger partial charge in [-0.1, -0.05) is 44.2 Å². The summed E-state index contributed by atoms with van der Waals surface area (Å²) in [7, 11) is 1.62. The monoisotopic (exact) mass is 407 g/mol. The van der Waals surface area contributed by atoms with Crippen molar-refractivity contribution in [3.05, 3.63) is 64.8 Å². The Morgan fingerprint density at radius 1 is 1.13 bits per heavy atom. The normalized spacial score (nSPS) is 12.6.